The molecule has 0 fully saturated rings. The fourth-order valence-electron chi connectivity index (χ4n) is 2.90. The highest BCUT2D eigenvalue weighted by atomic mass is 31.2. The Morgan fingerprint density at radius 3 is 2.14 bits per heavy atom. The number of phosphoric ester groups is 1. The van der Waals surface area contributed by atoms with Crippen LogP contribution in [-0.2, 0) is 23.1 Å². The van der Waals surface area contributed by atoms with Crippen molar-refractivity contribution in [1.29, 1.82) is 0 Å². The molecule has 0 saturated carbocycles. The van der Waals surface area contributed by atoms with E-state index in [0.29, 0.717) is 17.4 Å². The largest absolute Gasteiger partial charge is 0.472 e. The first-order valence-electron chi connectivity index (χ1n) is 12.8. The van der Waals surface area contributed by atoms with Crippen LogP contribution < -0.4 is 0 Å². The van der Waals surface area contributed by atoms with Crippen molar-refractivity contribution in [2.24, 2.45) is 0 Å². The van der Waals surface area contributed by atoms with E-state index in [0.717, 1.165) is 51.4 Å². The van der Waals surface area contributed by atoms with E-state index in [2.05, 4.69) is 43.4 Å². The second-order valence-corrected chi connectivity index (χ2v) is 11.0. The van der Waals surface area contributed by atoms with Gasteiger partial charge in [0, 0.05) is 6.42 Å². The fraction of sp³-hybridized carbons (Fsp3) is 0.731. The normalized spacial score (nSPS) is 15.3. The summed E-state index contributed by atoms with van der Waals surface area (Å²) in [5.74, 6) is -0.451. The average Bonchev–Trinajstić information content (AvgIpc) is 2.78. The third-order valence-corrected chi connectivity index (χ3v) is 5.96. The van der Waals surface area contributed by atoms with Crippen LogP contribution in [0.5, 0.6) is 0 Å². The van der Waals surface area contributed by atoms with Gasteiger partial charge in [-0.1, -0.05) is 62.6 Å². The van der Waals surface area contributed by atoms with Gasteiger partial charge >= 0.3 is 13.8 Å². The summed E-state index contributed by atoms with van der Waals surface area (Å²) in [6.07, 6.45) is 21.5. The lowest BCUT2D eigenvalue weighted by Gasteiger charge is -2.24. The van der Waals surface area contributed by atoms with Gasteiger partial charge in [0.1, 0.15) is 19.3 Å². The molecule has 2 atom stereocenters. The number of quaternary nitrogens is 1. The highest BCUT2D eigenvalue weighted by molar-refractivity contribution is 7.47. The van der Waals surface area contributed by atoms with Crippen molar-refractivity contribution < 1.29 is 37.6 Å². The Kier molecular flexibility index (Phi) is 20.1. The van der Waals surface area contributed by atoms with Crippen molar-refractivity contribution in [2.45, 2.75) is 77.2 Å². The Morgan fingerprint density at radius 1 is 0.914 bits per heavy atom. The second kappa shape index (κ2) is 20.9. The maximum atomic E-state index is 12.0. The smallest absolute Gasteiger partial charge is 0.457 e. The molecule has 0 saturated heterocycles. The Hall–Kier alpha value is -1.28. The molecule has 0 radical (unpaired) electrons. The zero-order valence-corrected chi connectivity index (χ0v) is 23.2. The predicted octanol–water partition coefficient (Wildman–Crippen LogP) is 5.32. The fourth-order valence-corrected chi connectivity index (χ4v) is 3.64. The molecule has 0 aromatic heterocycles. The molecule has 0 aliphatic heterocycles. The van der Waals surface area contributed by atoms with Crippen molar-refractivity contribution in [3.63, 3.8) is 0 Å². The Labute approximate surface area is 212 Å². The number of allylic oxidation sites excluding steroid dienone is 6. The molecule has 8 nitrogen and oxygen atoms in total. The molecule has 0 aliphatic rings. The topological polar surface area (TPSA) is 102 Å². The van der Waals surface area contributed by atoms with E-state index >= 15 is 0 Å². The molecule has 9 heteroatoms. The van der Waals surface area contributed by atoms with Gasteiger partial charge in [0.25, 0.3) is 0 Å². The molecule has 35 heavy (non-hydrogen) atoms. The van der Waals surface area contributed by atoms with E-state index in [1.165, 1.54) is 0 Å². The molecule has 2 N–H and O–H groups in total. The number of nitrogens with zero attached hydrogens (tertiary/aromatic N) is 1. The van der Waals surface area contributed by atoms with Crippen LogP contribution in [0, 0.1) is 0 Å². The van der Waals surface area contributed by atoms with E-state index in [1.807, 2.05) is 21.1 Å². The van der Waals surface area contributed by atoms with Crippen LogP contribution in [-0.4, -0.2) is 74.1 Å². The first-order valence-corrected chi connectivity index (χ1v) is 14.3. The highest BCUT2D eigenvalue weighted by Crippen LogP contribution is 2.43. The van der Waals surface area contributed by atoms with Gasteiger partial charge in [-0.2, -0.15) is 0 Å². The number of carbonyl (C=O) groups is 1. The van der Waals surface area contributed by atoms with Gasteiger partial charge in [0.05, 0.1) is 34.4 Å². The summed E-state index contributed by atoms with van der Waals surface area (Å²) in [6.45, 7) is 1.81. The van der Waals surface area contributed by atoms with Crippen molar-refractivity contribution in [2.75, 3.05) is 47.5 Å². The van der Waals surface area contributed by atoms with Gasteiger partial charge in [-0.3, -0.25) is 13.8 Å². The zero-order chi connectivity index (χ0) is 26.4. The van der Waals surface area contributed by atoms with E-state index in [9.17, 15) is 19.4 Å². The first kappa shape index (κ1) is 33.7. The Bertz CT molecular complexity index is 671. The maximum absolute atomic E-state index is 12.0. The molecule has 1 unspecified atom stereocenters. The Morgan fingerprint density at radius 2 is 1.51 bits per heavy atom. The molecule has 0 bridgehead atoms. The van der Waals surface area contributed by atoms with Gasteiger partial charge in [-0.25, -0.2) is 4.57 Å². The van der Waals surface area contributed by atoms with Crippen LogP contribution >= 0.6 is 7.82 Å². The summed E-state index contributed by atoms with van der Waals surface area (Å²) in [6, 6.07) is 0. The summed E-state index contributed by atoms with van der Waals surface area (Å²) in [4.78, 5) is 21.7. The summed E-state index contributed by atoms with van der Waals surface area (Å²) in [5.41, 5.74) is 0. The number of aliphatic hydroxyl groups excluding tert-OH is 1. The van der Waals surface area contributed by atoms with Gasteiger partial charge in [0.15, 0.2) is 0 Å². The monoisotopic (exact) mass is 518 g/mol. The van der Waals surface area contributed by atoms with Gasteiger partial charge in [-0.05, 0) is 38.5 Å². The number of likely N-dealkylation sites (N-methyl/N-ethyl adjacent to an activating group) is 1. The molecule has 204 valence electrons. The number of phosphoric acid groups is 1. The minimum absolute atomic E-state index is 0.0473. The molecule has 0 aliphatic carbocycles. The van der Waals surface area contributed by atoms with Gasteiger partial charge in [0.2, 0.25) is 0 Å². The number of carbonyl (C=O) groups excluding carboxylic acids is 1. The highest BCUT2D eigenvalue weighted by Gasteiger charge is 2.25. The summed E-state index contributed by atoms with van der Waals surface area (Å²) < 4.78 is 27.4. The van der Waals surface area contributed by atoms with Crippen LogP contribution in [0.2, 0.25) is 0 Å². The van der Waals surface area contributed by atoms with Crippen LogP contribution in [0.25, 0.3) is 0 Å². The van der Waals surface area contributed by atoms with E-state index in [1.54, 1.807) is 0 Å². The van der Waals surface area contributed by atoms with Crippen molar-refractivity contribution in [3.05, 3.63) is 36.5 Å². The molecule has 0 aromatic carbocycles. The van der Waals surface area contributed by atoms with Gasteiger partial charge < -0.3 is 19.2 Å². The van der Waals surface area contributed by atoms with Crippen LogP contribution in [0.4, 0.5) is 0 Å². The summed E-state index contributed by atoms with van der Waals surface area (Å²) >= 11 is 0. The van der Waals surface area contributed by atoms with Crippen LogP contribution in [0.1, 0.15) is 71.1 Å². The lowest BCUT2D eigenvalue weighted by atomic mass is 10.1. The van der Waals surface area contributed by atoms with E-state index < -0.39 is 33.1 Å². The molecular weight excluding hydrogens is 469 g/mol. The number of aliphatic hydroxyl groups is 1. The van der Waals surface area contributed by atoms with Crippen molar-refractivity contribution >= 4 is 13.8 Å². The first-order chi connectivity index (χ1) is 16.6. The Balaban J connectivity index is 3.82. The minimum Gasteiger partial charge on any atom is -0.457 e. The molecule has 0 rings (SSSR count). The van der Waals surface area contributed by atoms with Crippen LogP contribution in [0.3, 0.4) is 0 Å². The number of rotatable bonds is 22. The molecule has 0 spiro atoms. The van der Waals surface area contributed by atoms with Crippen LogP contribution in [0.15, 0.2) is 36.5 Å². The lowest BCUT2D eigenvalue weighted by Crippen LogP contribution is -2.37. The SMILES string of the molecule is CCC=CCC=CCC=CCCCCCCCC(=O)O[C@@H](CO)COP(=O)(O)OCC[N+](C)(C)C. The number of unbranched alkanes of at least 4 members (excludes halogenated alkanes) is 5. The minimum atomic E-state index is -4.27. The van der Waals surface area contributed by atoms with E-state index in [-0.39, 0.29) is 13.0 Å². The predicted molar refractivity (Wildman–Crippen MR) is 141 cm³/mol. The zero-order valence-electron chi connectivity index (χ0n) is 22.3. The maximum Gasteiger partial charge on any atom is 0.472 e. The summed E-state index contributed by atoms with van der Waals surface area (Å²) in [5, 5.41) is 9.37. The summed E-state index contributed by atoms with van der Waals surface area (Å²) in [7, 11) is 1.53. The van der Waals surface area contributed by atoms with Crippen molar-refractivity contribution in [1.82, 2.24) is 0 Å². The molecular formula is C26H49NO7P+. The van der Waals surface area contributed by atoms with Crippen molar-refractivity contribution in [3.8, 4) is 0 Å². The third kappa shape index (κ3) is 24.2. The van der Waals surface area contributed by atoms with Gasteiger partial charge in [-0.15, -0.1) is 0 Å². The second-order valence-electron chi connectivity index (χ2n) is 9.51. The number of esters is 1. The third-order valence-electron chi connectivity index (χ3n) is 4.97. The molecule has 0 aromatic rings. The number of ether oxygens (including phenoxy) is 1. The number of hydrogen-bond donors (Lipinski definition) is 2. The quantitative estimate of drug-likeness (QED) is 0.0657. The molecule has 0 amide bonds. The average molecular weight is 519 g/mol. The lowest BCUT2D eigenvalue weighted by molar-refractivity contribution is -0.870. The standard InChI is InChI=1S/C26H48NO7P/c1-5-6-7-8-9-10-11-12-13-14-15-16-17-18-19-20-26(29)34-25(23-28)24-33-35(30,31)32-22-21-27(2,3)4/h6-7,9-10,12-13,25,28H,5,8,11,14-24H2,1-4H3/p+1/t25-/m0/s1. The van der Waals surface area contributed by atoms with E-state index in [4.69, 9.17) is 13.8 Å². The number of hydrogen-bond acceptors (Lipinski definition) is 6. The molecule has 0 heterocycles.